The minimum atomic E-state index is 0.645. The Morgan fingerprint density at radius 3 is 2.71 bits per heavy atom. The van der Waals surface area contributed by atoms with E-state index < -0.39 is 0 Å². The fourth-order valence-electron chi connectivity index (χ4n) is 2.48. The minimum Gasteiger partial charge on any atom is -0.495 e. The summed E-state index contributed by atoms with van der Waals surface area (Å²) in [5.74, 6) is 0.719. The van der Waals surface area contributed by atoms with Crippen LogP contribution in [0.25, 0.3) is 11.1 Å². The third-order valence-electron chi connectivity index (χ3n) is 3.89. The number of nitrogens with one attached hydrogen (secondary N) is 1. The fraction of sp³-hybridized carbons (Fsp3) is 0.333. The molecule has 110 valence electrons. The molecule has 1 aliphatic carbocycles. The largest absolute Gasteiger partial charge is 0.495 e. The molecule has 0 saturated heterocycles. The van der Waals surface area contributed by atoms with Crippen molar-refractivity contribution in [3.63, 3.8) is 0 Å². The van der Waals surface area contributed by atoms with Gasteiger partial charge in [0.1, 0.15) is 5.75 Å². The number of hydrogen-bond acceptors (Lipinski definition) is 2. The fourth-order valence-corrected chi connectivity index (χ4v) is 2.68. The smallest absolute Gasteiger partial charge is 0.138 e. The maximum absolute atomic E-state index is 6.13. The number of halogens is 1. The van der Waals surface area contributed by atoms with E-state index in [-0.39, 0.29) is 0 Å². The SMILES string of the molecule is COc1cc(-c2cc(C)ccc2CNC2CC2)ccc1Cl. The normalized spacial score (nSPS) is 14.2. The highest BCUT2D eigenvalue weighted by Gasteiger charge is 2.20. The number of rotatable bonds is 5. The predicted molar refractivity (Wildman–Crippen MR) is 88.0 cm³/mol. The van der Waals surface area contributed by atoms with E-state index in [4.69, 9.17) is 16.3 Å². The Labute approximate surface area is 131 Å². The Balaban J connectivity index is 1.96. The van der Waals surface area contributed by atoms with Crippen molar-refractivity contribution in [1.29, 1.82) is 0 Å². The first kappa shape index (κ1) is 14.4. The van der Waals surface area contributed by atoms with Crippen LogP contribution in [-0.2, 0) is 6.54 Å². The molecule has 0 atom stereocenters. The van der Waals surface area contributed by atoms with Gasteiger partial charge >= 0.3 is 0 Å². The van der Waals surface area contributed by atoms with Crippen LogP contribution in [0.15, 0.2) is 36.4 Å². The zero-order valence-corrected chi connectivity index (χ0v) is 13.2. The summed E-state index contributed by atoms with van der Waals surface area (Å²) in [4.78, 5) is 0. The van der Waals surface area contributed by atoms with Crippen molar-refractivity contribution in [2.45, 2.75) is 32.4 Å². The zero-order chi connectivity index (χ0) is 14.8. The monoisotopic (exact) mass is 301 g/mol. The Morgan fingerprint density at radius 1 is 1.19 bits per heavy atom. The maximum atomic E-state index is 6.13. The van der Waals surface area contributed by atoms with Crippen LogP contribution in [0, 0.1) is 6.92 Å². The molecule has 21 heavy (non-hydrogen) atoms. The van der Waals surface area contributed by atoms with E-state index in [1.165, 1.54) is 29.5 Å². The lowest BCUT2D eigenvalue weighted by molar-refractivity contribution is 0.415. The highest BCUT2D eigenvalue weighted by molar-refractivity contribution is 6.32. The zero-order valence-electron chi connectivity index (χ0n) is 12.4. The first-order chi connectivity index (χ1) is 10.2. The standard InChI is InChI=1S/C18H20ClNO/c1-12-3-4-14(11-20-15-6-7-15)16(9-12)13-5-8-17(19)18(10-13)21-2/h3-5,8-10,15,20H,6-7,11H2,1-2H3. The quantitative estimate of drug-likeness (QED) is 0.873. The molecular weight excluding hydrogens is 282 g/mol. The van der Waals surface area contributed by atoms with Crippen molar-refractivity contribution in [2.75, 3.05) is 7.11 Å². The molecule has 2 aromatic carbocycles. The van der Waals surface area contributed by atoms with E-state index in [0.29, 0.717) is 11.1 Å². The van der Waals surface area contributed by atoms with Gasteiger partial charge in [-0.15, -0.1) is 0 Å². The van der Waals surface area contributed by atoms with Gasteiger partial charge in [0.25, 0.3) is 0 Å². The van der Waals surface area contributed by atoms with Gasteiger partial charge in [-0.2, -0.15) is 0 Å². The Morgan fingerprint density at radius 2 is 2.00 bits per heavy atom. The van der Waals surface area contributed by atoms with Crippen LogP contribution in [0.3, 0.4) is 0 Å². The molecule has 0 unspecified atom stereocenters. The third kappa shape index (κ3) is 3.39. The highest BCUT2D eigenvalue weighted by Crippen LogP contribution is 2.33. The molecule has 0 aliphatic heterocycles. The summed E-state index contributed by atoms with van der Waals surface area (Å²) >= 11 is 6.13. The summed E-state index contributed by atoms with van der Waals surface area (Å²) in [7, 11) is 1.65. The van der Waals surface area contributed by atoms with Gasteiger partial charge in [-0.1, -0.05) is 41.4 Å². The molecule has 2 aromatic rings. The molecule has 0 radical (unpaired) electrons. The molecule has 1 saturated carbocycles. The Hall–Kier alpha value is -1.51. The van der Waals surface area contributed by atoms with Crippen LogP contribution in [0.1, 0.15) is 24.0 Å². The van der Waals surface area contributed by atoms with Gasteiger partial charge < -0.3 is 10.1 Å². The van der Waals surface area contributed by atoms with Gasteiger partial charge in [0.2, 0.25) is 0 Å². The molecule has 3 heteroatoms. The van der Waals surface area contributed by atoms with Gasteiger partial charge in [-0.3, -0.25) is 0 Å². The van der Waals surface area contributed by atoms with Crippen LogP contribution in [-0.4, -0.2) is 13.2 Å². The number of methoxy groups -OCH3 is 1. The first-order valence-corrected chi connectivity index (χ1v) is 7.72. The molecule has 0 amide bonds. The van der Waals surface area contributed by atoms with Crippen LogP contribution in [0.2, 0.25) is 5.02 Å². The summed E-state index contributed by atoms with van der Waals surface area (Å²) in [5.41, 5.74) is 4.97. The summed E-state index contributed by atoms with van der Waals surface area (Å²) in [6.07, 6.45) is 2.60. The molecule has 0 aromatic heterocycles. The molecule has 1 aliphatic rings. The highest BCUT2D eigenvalue weighted by atomic mass is 35.5. The summed E-state index contributed by atoms with van der Waals surface area (Å²) in [6, 6.07) is 13.3. The molecule has 0 spiro atoms. The molecule has 2 nitrogen and oxygen atoms in total. The van der Waals surface area contributed by atoms with E-state index in [9.17, 15) is 0 Å². The van der Waals surface area contributed by atoms with Crippen LogP contribution in [0.4, 0.5) is 0 Å². The van der Waals surface area contributed by atoms with E-state index >= 15 is 0 Å². The van der Waals surface area contributed by atoms with Crippen LogP contribution in [0.5, 0.6) is 5.75 Å². The van der Waals surface area contributed by atoms with E-state index in [2.05, 4.69) is 36.5 Å². The van der Waals surface area contributed by atoms with E-state index in [0.717, 1.165) is 17.9 Å². The van der Waals surface area contributed by atoms with Crippen molar-refractivity contribution in [3.05, 3.63) is 52.5 Å². The summed E-state index contributed by atoms with van der Waals surface area (Å²) in [6.45, 7) is 3.03. The van der Waals surface area contributed by atoms with Gasteiger partial charge in [-0.05, 0) is 48.6 Å². The lowest BCUT2D eigenvalue weighted by Gasteiger charge is -2.13. The first-order valence-electron chi connectivity index (χ1n) is 7.34. The Bertz CT molecular complexity index is 650. The van der Waals surface area contributed by atoms with Gasteiger partial charge in [0.15, 0.2) is 0 Å². The molecule has 0 bridgehead atoms. The van der Waals surface area contributed by atoms with E-state index in [1.807, 2.05) is 12.1 Å². The van der Waals surface area contributed by atoms with Crippen molar-refractivity contribution >= 4 is 11.6 Å². The van der Waals surface area contributed by atoms with E-state index in [1.54, 1.807) is 7.11 Å². The average Bonchev–Trinajstić information content (AvgIpc) is 3.31. The number of benzene rings is 2. The van der Waals surface area contributed by atoms with Gasteiger partial charge in [-0.25, -0.2) is 0 Å². The Kier molecular flexibility index (Phi) is 4.18. The third-order valence-corrected chi connectivity index (χ3v) is 4.20. The second kappa shape index (κ2) is 6.08. The van der Waals surface area contributed by atoms with Crippen LogP contribution >= 0.6 is 11.6 Å². The average molecular weight is 302 g/mol. The maximum Gasteiger partial charge on any atom is 0.138 e. The number of ether oxygens (including phenoxy) is 1. The minimum absolute atomic E-state index is 0.645. The van der Waals surface area contributed by atoms with Crippen molar-refractivity contribution < 1.29 is 4.74 Å². The van der Waals surface area contributed by atoms with Crippen molar-refractivity contribution in [1.82, 2.24) is 5.32 Å². The topological polar surface area (TPSA) is 21.3 Å². The lowest BCUT2D eigenvalue weighted by atomic mass is 9.97. The van der Waals surface area contributed by atoms with Gasteiger partial charge in [0.05, 0.1) is 12.1 Å². The molecule has 3 rings (SSSR count). The molecular formula is C18H20ClNO. The van der Waals surface area contributed by atoms with Crippen molar-refractivity contribution in [2.24, 2.45) is 0 Å². The second-order valence-electron chi connectivity index (χ2n) is 5.67. The predicted octanol–water partition coefficient (Wildman–Crippen LogP) is 4.58. The van der Waals surface area contributed by atoms with Gasteiger partial charge in [0, 0.05) is 12.6 Å². The molecule has 0 heterocycles. The number of aryl methyl sites for hydroxylation is 1. The lowest BCUT2D eigenvalue weighted by Crippen LogP contribution is -2.15. The number of hydrogen-bond donors (Lipinski definition) is 1. The summed E-state index contributed by atoms with van der Waals surface area (Å²) < 4.78 is 5.34. The van der Waals surface area contributed by atoms with Crippen molar-refractivity contribution in [3.8, 4) is 16.9 Å². The molecule has 1 N–H and O–H groups in total. The summed E-state index contributed by atoms with van der Waals surface area (Å²) in [5, 5.41) is 4.23. The van der Waals surface area contributed by atoms with Crippen LogP contribution < -0.4 is 10.1 Å². The molecule has 1 fully saturated rings. The second-order valence-corrected chi connectivity index (χ2v) is 6.07.